The minimum Gasteiger partial charge on any atom is -0.386 e. The number of hydrogen-bond acceptors (Lipinski definition) is 3. The predicted octanol–water partition coefficient (Wildman–Crippen LogP) is 4.13. The van der Waals surface area contributed by atoms with Crippen LogP contribution in [0.15, 0.2) is 33.5 Å². The van der Waals surface area contributed by atoms with E-state index >= 15 is 0 Å². The lowest BCUT2D eigenvalue weighted by Gasteiger charge is -2.19. The topological polar surface area (TPSA) is 105 Å². The first-order valence-corrected chi connectivity index (χ1v) is 12.0. The molecular weight excluding hydrogens is 398 g/mol. The number of hydrogen-bond donors (Lipinski definition) is 3. The van der Waals surface area contributed by atoms with Crippen molar-refractivity contribution in [3.05, 3.63) is 57.6 Å². The van der Waals surface area contributed by atoms with Crippen molar-refractivity contribution in [3.63, 3.8) is 0 Å². The summed E-state index contributed by atoms with van der Waals surface area (Å²) in [7, 11) is -3.42. The second-order valence-electron chi connectivity index (χ2n) is 8.86. The Hall–Kier alpha value is -2.22. The third-order valence-corrected chi connectivity index (χ3v) is 7.65. The molecule has 4 N–H and O–H groups in total. The van der Waals surface area contributed by atoms with Gasteiger partial charge in [-0.05, 0) is 98.7 Å². The molecule has 6 nitrogen and oxygen atoms in total. The van der Waals surface area contributed by atoms with E-state index in [2.05, 4.69) is 15.7 Å². The third-order valence-electron chi connectivity index (χ3n) is 6.12. The van der Waals surface area contributed by atoms with Gasteiger partial charge in [-0.3, -0.25) is 0 Å². The first kappa shape index (κ1) is 21.0. The van der Waals surface area contributed by atoms with Crippen LogP contribution in [-0.2, 0) is 41.2 Å². The van der Waals surface area contributed by atoms with Crippen LogP contribution in [-0.4, -0.2) is 15.3 Å². The number of aryl methyl sites for hydroxylation is 3. The molecule has 0 aromatic heterocycles. The maximum Gasteiger partial charge on any atom is 0.354 e. The zero-order chi connectivity index (χ0) is 21.7. The van der Waals surface area contributed by atoms with Crippen molar-refractivity contribution >= 4 is 21.6 Å². The van der Waals surface area contributed by atoms with Crippen LogP contribution in [0.3, 0.4) is 0 Å². The summed E-state index contributed by atoms with van der Waals surface area (Å²) in [5.41, 5.74) is 6.12. The normalized spacial score (nSPS) is 17.2. The van der Waals surface area contributed by atoms with Gasteiger partial charge in [-0.25, -0.2) is 14.1 Å². The fourth-order valence-corrected chi connectivity index (χ4v) is 5.80. The molecule has 0 heterocycles. The van der Waals surface area contributed by atoms with Gasteiger partial charge in [0.15, 0.2) is 0 Å². The van der Waals surface area contributed by atoms with Crippen LogP contribution in [0.25, 0.3) is 0 Å². The minimum absolute atomic E-state index is 0.300. The van der Waals surface area contributed by atoms with E-state index in [4.69, 9.17) is 5.14 Å². The predicted molar refractivity (Wildman–Crippen MR) is 119 cm³/mol. The van der Waals surface area contributed by atoms with Gasteiger partial charge < -0.3 is 10.4 Å². The highest BCUT2D eigenvalue weighted by molar-refractivity contribution is 7.91. The quantitative estimate of drug-likeness (QED) is 0.686. The second-order valence-corrected chi connectivity index (χ2v) is 10.6. The van der Waals surface area contributed by atoms with Crippen molar-refractivity contribution in [2.45, 2.75) is 69.8 Å². The lowest BCUT2D eigenvalue weighted by Crippen LogP contribution is -2.21. The zero-order valence-electron chi connectivity index (χ0n) is 17.7. The molecule has 0 fully saturated rings. The molecule has 160 valence electrons. The number of benzene rings is 2. The van der Waals surface area contributed by atoms with Gasteiger partial charge in [-0.1, -0.05) is 18.2 Å². The van der Waals surface area contributed by atoms with Gasteiger partial charge in [-0.2, -0.15) is 0 Å². The molecular formula is C23H29N3O3S. The van der Waals surface area contributed by atoms with E-state index in [1.165, 1.54) is 22.3 Å². The summed E-state index contributed by atoms with van der Waals surface area (Å²) in [6.07, 6.45) is 6.10. The molecule has 0 spiro atoms. The molecule has 2 aliphatic rings. The molecule has 1 unspecified atom stereocenters. The maximum absolute atomic E-state index is 13.1. The van der Waals surface area contributed by atoms with Crippen LogP contribution in [0.5, 0.6) is 0 Å². The van der Waals surface area contributed by atoms with Crippen molar-refractivity contribution in [2.75, 3.05) is 5.32 Å². The molecule has 7 heteroatoms. The molecule has 1 atom stereocenters. The number of fused-ring (bicyclic) bond motifs is 2. The smallest absolute Gasteiger partial charge is 0.354 e. The van der Waals surface area contributed by atoms with Crippen LogP contribution < -0.4 is 10.5 Å². The van der Waals surface area contributed by atoms with Crippen LogP contribution in [0, 0.1) is 6.92 Å². The van der Waals surface area contributed by atoms with E-state index in [0.29, 0.717) is 16.0 Å². The molecule has 0 saturated heterocycles. The Morgan fingerprint density at radius 2 is 1.70 bits per heavy atom. The number of aliphatic hydroxyl groups is 1. The maximum atomic E-state index is 13.1. The van der Waals surface area contributed by atoms with Crippen molar-refractivity contribution in [3.8, 4) is 0 Å². The molecule has 0 radical (unpaired) electrons. The Labute approximate surface area is 178 Å². The van der Waals surface area contributed by atoms with Gasteiger partial charge in [0.25, 0.3) is 0 Å². The Balaban J connectivity index is 1.67. The highest BCUT2D eigenvalue weighted by atomic mass is 32.2. The van der Waals surface area contributed by atoms with Crippen molar-refractivity contribution in [1.82, 2.24) is 0 Å². The number of rotatable bonds is 3. The van der Waals surface area contributed by atoms with Crippen LogP contribution >= 0.6 is 0 Å². The van der Waals surface area contributed by atoms with Crippen LogP contribution in [0.2, 0.25) is 0 Å². The summed E-state index contributed by atoms with van der Waals surface area (Å²) in [4.78, 5) is 13.1. The molecule has 0 aliphatic heterocycles. The van der Waals surface area contributed by atoms with E-state index in [1.54, 1.807) is 39.0 Å². The molecule has 0 saturated carbocycles. The number of nitrogens with zero attached hydrogens (tertiary/aromatic N) is 1. The number of nitrogens with one attached hydrogen (secondary N) is 1. The Morgan fingerprint density at radius 3 is 2.23 bits per heavy atom. The third kappa shape index (κ3) is 3.89. The Kier molecular flexibility index (Phi) is 5.24. The molecule has 30 heavy (non-hydrogen) atoms. The molecule has 2 amide bonds. The number of amides is 2. The Morgan fingerprint density at radius 1 is 1.10 bits per heavy atom. The molecule has 0 bridgehead atoms. The molecule has 2 aliphatic carbocycles. The summed E-state index contributed by atoms with van der Waals surface area (Å²) in [6.45, 7) is 5.10. The SMILES string of the molecule is Cc1cc(C(C)(C)O)ccc1S(N)(=O)=NC(=O)Nc1c2c(cc3c1CCC3)CCC2. The highest BCUT2D eigenvalue weighted by Crippen LogP contribution is 2.38. The van der Waals surface area contributed by atoms with Crippen molar-refractivity contribution in [1.29, 1.82) is 0 Å². The average Bonchev–Trinajstić information content (AvgIpc) is 3.28. The molecule has 2 aromatic carbocycles. The summed E-state index contributed by atoms with van der Waals surface area (Å²) in [5.74, 6) is 0. The first-order valence-electron chi connectivity index (χ1n) is 10.4. The summed E-state index contributed by atoms with van der Waals surface area (Å²) < 4.78 is 17.0. The number of carbonyl (C=O) groups excluding carboxylic acids is 1. The van der Waals surface area contributed by atoms with Gasteiger partial charge in [0, 0.05) is 5.69 Å². The highest BCUT2D eigenvalue weighted by Gasteiger charge is 2.25. The van der Waals surface area contributed by atoms with Gasteiger partial charge in [0.1, 0.15) is 9.92 Å². The number of carbonyl (C=O) groups is 1. The fraction of sp³-hybridized carbons (Fsp3) is 0.435. The average molecular weight is 428 g/mol. The lowest BCUT2D eigenvalue weighted by atomic mass is 9.97. The number of nitrogens with two attached hydrogens (primary N) is 1. The lowest BCUT2D eigenvalue weighted by molar-refractivity contribution is 0.0784. The monoisotopic (exact) mass is 427 g/mol. The van der Waals surface area contributed by atoms with E-state index < -0.39 is 21.5 Å². The van der Waals surface area contributed by atoms with E-state index in [9.17, 15) is 14.1 Å². The standard InChI is InChI=1S/C23H29N3O3S/c1-14-12-17(23(2,3)28)10-11-20(14)30(24,29)26-22(27)25-21-18-8-4-6-15(18)13-16-7-5-9-19(16)21/h10-13,28H,4-9H2,1-3H3,(H3,24,25,26,27,29). The zero-order valence-corrected chi connectivity index (χ0v) is 18.6. The van der Waals surface area contributed by atoms with Gasteiger partial charge >= 0.3 is 6.03 Å². The van der Waals surface area contributed by atoms with Gasteiger partial charge in [0.2, 0.25) is 0 Å². The minimum atomic E-state index is -3.42. The van der Waals surface area contributed by atoms with Crippen LogP contribution in [0.4, 0.5) is 10.5 Å². The van der Waals surface area contributed by atoms with E-state index in [0.717, 1.165) is 44.2 Å². The Bertz CT molecular complexity index is 1120. The molecule has 4 rings (SSSR count). The van der Waals surface area contributed by atoms with E-state index in [1.807, 2.05) is 0 Å². The summed E-state index contributed by atoms with van der Waals surface area (Å²) in [5, 5.41) is 19.1. The first-order chi connectivity index (χ1) is 14.1. The summed E-state index contributed by atoms with van der Waals surface area (Å²) in [6, 6.07) is 6.59. The number of urea groups is 1. The van der Waals surface area contributed by atoms with Crippen molar-refractivity contribution < 1.29 is 14.1 Å². The largest absolute Gasteiger partial charge is 0.386 e. The second kappa shape index (κ2) is 7.48. The number of anilines is 1. The van der Waals surface area contributed by atoms with Gasteiger partial charge in [-0.15, -0.1) is 4.36 Å². The van der Waals surface area contributed by atoms with Gasteiger partial charge in [0.05, 0.1) is 10.5 Å². The van der Waals surface area contributed by atoms with Crippen molar-refractivity contribution in [2.24, 2.45) is 9.50 Å². The fourth-order valence-electron chi connectivity index (χ4n) is 4.63. The van der Waals surface area contributed by atoms with Crippen LogP contribution in [0.1, 0.15) is 60.1 Å². The van der Waals surface area contributed by atoms with E-state index in [-0.39, 0.29) is 0 Å². The molecule has 2 aromatic rings. The summed E-state index contributed by atoms with van der Waals surface area (Å²) >= 11 is 0.